The highest BCUT2D eigenvalue weighted by Gasteiger charge is 2.36. The second-order valence-electron chi connectivity index (χ2n) is 5.56. The smallest absolute Gasteiger partial charge is 0.227 e. The quantitative estimate of drug-likeness (QED) is 0.870. The van der Waals surface area contributed by atoms with Gasteiger partial charge in [0.05, 0.1) is 11.5 Å². The zero-order valence-corrected chi connectivity index (χ0v) is 12.2. The van der Waals surface area contributed by atoms with Crippen LogP contribution in [0.25, 0.3) is 0 Å². The molecule has 1 atom stereocenters. The largest absolute Gasteiger partial charge is 0.349 e. The van der Waals surface area contributed by atoms with Crippen molar-refractivity contribution in [3.63, 3.8) is 0 Å². The summed E-state index contributed by atoms with van der Waals surface area (Å²) in [5.41, 5.74) is 6.95. The molecule has 4 heteroatoms. The molecule has 0 saturated heterocycles. The third kappa shape index (κ3) is 2.44. The molecule has 0 heterocycles. The number of nitrogens with two attached hydrogens (primary N) is 1. The summed E-state index contributed by atoms with van der Waals surface area (Å²) in [5.74, 6) is -0.178. The lowest BCUT2D eigenvalue weighted by Gasteiger charge is -2.30. The van der Waals surface area contributed by atoms with E-state index in [2.05, 4.69) is 5.32 Å². The number of hydrogen-bond donors (Lipinski definition) is 2. The summed E-state index contributed by atoms with van der Waals surface area (Å²) in [4.78, 5) is 12.5. The molecule has 1 aromatic rings. The van der Waals surface area contributed by atoms with E-state index < -0.39 is 5.41 Å². The molecular weight excluding hydrogens is 255 g/mol. The minimum absolute atomic E-state index is 0.00730. The number of hydrogen-bond acceptors (Lipinski definition) is 2. The molecule has 2 rings (SSSR count). The molecule has 0 spiro atoms. The van der Waals surface area contributed by atoms with Gasteiger partial charge in [0.25, 0.3) is 0 Å². The van der Waals surface area contributed by atoms with Gasteiger partial charge in [0.1, 0.15) is 5.82 Å². The van der Waals surface area contributed by atoms with Crippen LogP contribution < -0.4 is 11.1 Å². The lowest BCUT2D eigenvalue weighted by Crippen LogP contribution is -2.46. The molecule has 0 fully saturated rings. The maximum absolute atomic E-state index is 13.7. The summed E-state index contributed by atoms with van der Waals surface area (Å²) >= 11 is 0. The Kier molecular flexibility index (Phi) is 4.43. The van der Waals surface area contributed by atoms with Gasteiger partial charge in [-0.15, -0.1) is 0 Å². The van der Waals surface area contributed by atoms with Crippen LogP contribution >= 0.6 is 0 Å². The van der Waals surface area contributed by atoms with Crippen LogP contribution in [-0.4, -0.2) is 12.5 Å². The van der Waals surface area contributed by atoms with Crippen molar-refractivity contribution in [2.75, 3.05) is 6.54 Å². The molecule has 1 unspecified atom stereocenters. The first kappa shape index (κ1) is 15.0. The van der Waals surface area contributed by atoms with Crippen molar-refractivity contribution in [1.29, 1.82) is 0 Å². The van der Waals surface area contributed by atoms with E-state index in [1.807, 2.05) is 19.9 Å². The summed E-state index contributed by atoms with van der Waals surface area (Å²) in [7, 11) is 0. The molecule has 20 heavy (non-hydrogen) atoms. The molecule has 3 nitrogen and oxygen atoms in total. The Balaban J connectivity index is 2.17. The van der Waals surface area contributed by atoms with Crippen molar-refractivity contribution in [3.8, 4) is 0 Å². The van der Waals surface area contributed by atoms with Crippen LogP contribution in [0.4, 0.5) is 4.39 Å². The van der Waals surface area contributed by atoms with Crippen LogP contribution in [0.3, 0.4) is 0 Å². The normalized spacial score (nSPS) is 17.9. The van der Waals surface area contributed by atoms with Gasteiger partial charge in [0.15, 0.2) is 0 Å². The van der Waals surface area contributed by atoms with Gasteiger partial charge in [-0.05, 0) is 42.9 Å². The number of fused-ring (bicyclic) bond motifs is 1. The Bertz CT molecular complexity index is 489. The Hall–Kier alpha value is -1.42. The van der Waals surface area contributed by atoms with Gasteiger partial charge in [0, 0.05) is 6.54 Å². The predicted octanol–water partition coefficient (Wildman–Crippen LogP) is 2.69. The van der Waals surface area contributed by atoms with Crippen molar-refractivity contribution in [3.05, 3.63) is 35.1 Å². The standard InChI is InChI=1S/C16H23FN2O/c1-3-16(4-2,10-18)15(20)19-14-9-8-11-12(14)6-5-7-13(11)17/h5-7,14H,3-4,8-10,18H2,1-2H3,(H,19,20). The number of benzene rings is 1. The Morgan fingerprint density at radius 2 is 2.15 bits per heavy atom. The van der Waals surface area contributed by atoms with Crippen LogP contribution in [0, 0.1) is 11.2 Å². The molecule has 0 radical (unpaired) electrons. The molecule has 3 N–H and O–H groups in total. The van der Waals surface area contributed by atoms with Gasteiger partial charge in [-0.1, -0.05) is 26.0 Å². The molecule has 0 saturated carbocycles. The van der Waals surface area contributed by atoms with E-state index in [9.17, 15) is 9.18 Å². The minimum Gasteiger partial charge on any atom is -0.349 e. The van der Waals surface area contributed by atoms with Gasteiger partial charge >= 0.3 is 0 Å². The van der Waals surface area contributed by atoms with Crippen LogP contribution in [-0.2, 0) is 11.2 Å². The molecular formula is C16H23FN2O. The van der Waals surface area contributed by atoms with Crippen LogP contribution in [0.15, 0.2) is 18.2 Å². The highest BCUT2D eigenvalue weighted by atomic mass is 19.1. The number of rotatable bonds is 5. The molecule has 0 aromatic heterocycles. The molecule has 1 aliphatic rings. The molecule has 1 aromatic carbocycles. The summed E-state index contributed by atoms with van der Waals surface area (Å²) in [6.45, 7) is 4.31. The van der Waals surface area contributed by atoms with Gasteiger partial charge < -0.3 is 11.1 Å². The highest BCUT2D eigenvalue weighted by molar-refractivity contribution is 5.83. The topological polar surface area (TPSA) is 55.1 Å². The van der Waals surface area contributed by atoms with Gasteiger partial charge in [-0.25, -0.2) is 4.39 Å². The monoisotopic (exact) mass is 278 g/mol. The number of nitrogens with one attached hydrogen (secondary N) is 1. The summed E-state index contributed by atoms with van der Waals surface area (Å²) < 4.78 is 13.7. The zero-order chi connectivity index (χ0) is 14.8. The van der Waals surface area contributed by atoms with Crippen LogP contribution in [0.5, 0.6) is 0 Å². The van der Waals surface area contributed by atoms with E-state index in [0.717, 1.165) is 17.5 Å². The first-order valence-electron chi connectivity index (χ1n) is 7.36. The van der Waals surface area contributed by atoms with E-state index in [1.54, 1.807) is 6.07 Å². The van der Waals surface area contributed by atoms with E-state index in [4.69, 9.17) is 5.73 Å². The van der Waals surface area contributed by atoms with Gasteiger partial charge in [-0.3, -0.25) is 4.79 Å². The fourth-order valence-corrected chi connectivity index (χ4v) is 3.02. The Morgan fingerprint density at radius 1 is 1.45 bits per heavy atom. The Morgan fingerprint density at radius 3 is 2.75 bits per heavy atom. The Labute approximate surface area is 119 Å². The third-order valence-electron chi connectivity index (χ3n) is 4.74. The summed E-state index contributed by atoms with van der Waals surface area (Å²) in [5, 5.41) is 3.07. The van der Waals surface area contributed by atoms with Crippen molar-refractivity contribution in [2.24, 2.45) is 11.1 Å². The van der Waals surface area contributed by atoms with E-state index in [1.165, 1.54) is 6.07 Å². The van der Waals surface area contributed by atoms with E-state index in [-0.39, 0.29) is 17.8 Å². The molecule has 0 aliphatic heterocycles. The fraction of sp³-hybridized carbons (Fsp3) is 0.562. The molecule has 110 valence electrons. The zero-order valence-electron chi connectivity index (χ0n) is 12.2. The second kappa shape index (κ2) is 5.92. The summed E-state index contributed by atoms with van der Waals surface area (Å²) in [6.07, 6.45) is 2.88. The van der Waals surface area contributed by atoms with E-state index >= 15 is 0 Å². The average molecular weight is 278 g/mol. The molecule has 0 bridgehead atoms. The van der Waals surface area contributed by atoms with Crippen molar-refractivity contribution >= 4 is 5.91 Å². The number of amides is 1. The second-order valence-corrected chi connectivity index (χ2v) is 5.56. The summed E-state index contributed by atoms with van der Waals surface area (Å²) in [6, 6.07) is 5.00. The number of carbonyl (C=O) groups excluding carboxylic acids is 1. The van der Waals surface area contributed by atoms with Gasteiger partial charge in [-0.2, -0.15) is 0 Å². The van der Waals surface area contributed by atoms with Crippen molar-refractivity contribution < 1.29 is 9.18 Å². The minimum atomic E-state index is -0.504. The van der Waals surface area contributed by atoms with E-state index in [0.29, 0.717) is 25.8 Å². The first-order valence-corrected chi connectivity index (χ1v) is 7.36. The lowest BCUT2D eigenvalue weighted by atomic mass is 9.81. The average Bonchev–Trinajstić information content (AvgIpc) is 2.86. The first-order chi connectivity index (χ1) is 9.57. The maximum Gasteiger partial charge on any atom is 0.227 e. The van der Waals surface area contributed by atoms with Crippen molar-refractivity contribution in [1.82, 2.24) is 5.32 Å². The molecule has 1 aliphatic carbocycles. The third-order valence-corrected chi connectivity index (χ3v) is 4.74. The fourth-order valence-electron chi connectivity index (χ4n) is 3.02. The van der Waals surface area contributed by atoms with Gasteiger partial charge in [0.2, 0.25) is 5.91 Å². The maximum atomic E-state index is 13.7. The molecule has 1 amide bonds. The van der Waals surface area contributed by atoms with Crippen LogP contribution in [0.2, 0.25) is 0 Å². The lowest BCUT2D eigenvalue weighted by molar-refractivity contribution is -0.131. The van der Waals surface area contributed by atoms with Crippen molar-refractivity contribution in [2.45, 2.75) is 45.6 Å². The number of halogens is 1. The number of carbonyl (C=O) groups is 1. The highest BCUT2D eigenvalue weighted by Crippen LogP contribution is 2.34. The predicted molar refractivity (Wildman–Crippen MR) is 77.7 cm³/mol. The van der Waals surface area contributed by atoms with Crippen LogP contribution in [0.1, 0.15) is 50.3 Å². The SMILES string of the molecule is CCC(CC)(CN)C(=O)NC1CCc2c(F)cccc21.